The van der Waals surface area contributed by atoms with Crippen LogP contribution in [0.2, 0.25) is 0 Å². The predicted octanol–water partition coefficient (Wildman–Crippen LogP) is 1.23. The molecule has 0 aliphatic carbocycles. The average Bonchev–Trinajstić information content (AvgIpc) is 2.93. The van der Waals surface area contributed by atoms with E-state index in [0.717, 1.165) is 5.76 Å². The maximum Gasteiger partial charge on any atom is 0.255 e. The molecule has 0 unspecified atom stereocenters. The number of furan rings is 1. The van der Waals surface area contributed by atoms with Crippen LogP contribution in [0.25, 0.3) is 0 Å². The highest BCUT2D eigenvalue weighted by Gasteiger charge is 2.12. The number of aromatic amines is 1. The van der Waals surface area contributed by atoms with Crippen molar-refractivity contribution in [2.75, 3.05) is 12.3 Å². The van der Waals surface area contributed by atoms with Gasteiger partial charge in [-0.1, -0.05) is 0 Å². The molecule has 2 aromatic heterocycles. The van der Waals surface area contributed by atoms with Crippen LogP contribution in [0.15, 0.2) is 27.6 Å². The fourth-order valence-corrected chi connectivity index (χ4v) is 2.31. The van der Waals surface area contributed by atoms with E-state index < -0.39 is 0 Å². The van der Waals surface area contributed by atoms with Gasteiger partial charge >= 0.3 is 0 Å². The first-order valence-electron chi connectivity index (χ1n) is 7.10. The van der Waals surface area contributed by atoms with Gasteiger partial charge in [0.2, 0.25) is 11.9 Å². The summed E-state index contributed by atoms with van der Waals surface area (Å²) < 4.78 is 5.26. The van der Waals surface area contributed by atoms with Gasteiger partial charge in [-0.25, -0.2) is 4.98 Å². The molecule has 118 valence electrons. The van der Waals surface area contributed by atoms with Crippen LogP contribution in [0.3, 0.4) is 0 Å². The van der Waals surface area contributed by atoms with Gasteiger partial charge in [0.05, 0.1) is 12.8 Å². The molecule has 0 saturated carbocycles. The predicted molar refractivity (Wildman–Crippen MR) is 82.1 cm³/mol. The van der Waals surface area contributed by atoms with Crippen molar-refractivity contribution in [2.24, 2.45) is 0 Å². The van der Waals surface area contributed by atoms with Crippen molar-refractivity contribution in [1.82, 2.24) is 14.9 Å². The van der Waals surface area contributed by atoms with E-state index in [1.807, 2.05) is 6.07 Å². The van der Waals surface area contributed by atoms with E-state index in [0.29, 0.717) is 37.2 Å². The number of amides is 1. The Morgan fingerprint density at radius 2 is 2.27 bits per heavy atom. The number of aryl methyl sites for hydroxylation is 1. The third kappa shape index (κ3) is 3.97. The Hall–Kier alpha value is -2.57. The molecule has 0 radical (unpaired) electrons. The van der Waals surface area contributed by atoms with E-state index in [-0.39, 0.29) is 17.4 Å². The second kappa shape index (κ2) is 6.93. The summed E-state index contributed by atoms with van der Waals surface area (Å²) in [5.74, 6) is 0.824. The van der Waals surface area contributed by atoms with E-state index >= 15 is 0 Å². The summed E-state index contributed by atoms with van der Waals surface area (Å²) >= 11 is 0. The van der Waals surface area contributed by atoms with Gasteiger partial charge in [0.25, 0.3) is 5.56 Å². The number of nitrogens with zero attached hydrogens (tertiary/aromatic N) is 2. The van der Waals surface area contributed by atoms with Crippen LogP contribution in [0.1, 0.15) is 30.4 Å². The number of aromatic nitrogens is 2. The molecule has 0 aliphatic heterocycles. The van der Waals surface area contributed by atoms with Crippen LogP contribution in [-0.4, -0.2) is 27.3 Å². The standard InChI is InChI=1S/C15H20N4O3/c1-10-13(14(21)18-15(16)17-10)6-3-7-19(11(2)20)9-12-5-4-8-22-12/h4-5,8H,3,6-7,9H2,1-2H3,(H3,16,17,18,21). The zero-order chi connectivity index (χ0) is 16.1. The number of nitrogens with two attached hydrogens (primary N) is 1. The van der Waals surface area contributed by atoms with E-state index in [1.165, 1.54) is 6.92 Å². The second-order valence-electron chi connectivity index (χ2n) is 5.14. The van der Waals surface area contributed by atoms with Gasteiger partial charge < -0.3 is 15.1 Å². The second-order valence-corrected chi connectivity index (χ2v) is 5.14. The zero-order valence-electron chi connectivity index (χ0n) is 12.8. The first-order valence-corrected chi connectivity index (χ1v) is 7.10. The molecular weight excluding hydrogens is 284 g/mol. The van der Waals surface area contributed by atoms with Crippen molar-refractivity contribution in [1.29, 1.82) is 0 Å². The molecule has 7 heteroatoms. The van der Waals surface area contributed by atoms with Gasteiger partial charge in [0.1, 0.15) is 5.76 Å². The third-order valence-corrected chi connectivity index (χ3v) is 3.47. The molecule has 0 spiro atoms. The Labute approximate surface area is 128 Å². The molecule has 0 fully saturated rings. The highest BCUT2D eigenvalue weighted by atomic mass is 16.3. The SMILES string of the molecule is CC(=O)N(CCCc1c(C)nc(N)[nH]c1=O)Cc1ccco1. The summed E-state index contributed by atoms with van der Waals surface area (Å²) in [5.41, 5.74) is 6.51. The maximum atomic E-state index is 11.9. The van der Waals surface area contributed by atoms with E-state index in [1.54, 1.807) is 24.2 Å². The Balaban J connectivity index is 1.96. The molecule has 2 rings (SSSR count). The molecule has 22 heavy (non-hydrogen) atoms. The summed E-state index contributed by atoms with van der Waals surface area (Å²) in [6, 6.07) is 3.62. The average molecular weight is 304 g/mol. The molecule has 0 aliphatic rings. The summed E-state index contributed by atoms with van der Waals surface area (Å²) in [5, 5.41) is 0. The Bertz CT molecular complexity index is 691. The van der Waals surface area contributed by atoms with E-state index in [4.69, 9.17) is 10.2 Å². The number of hydrogen-bond acceptors (Lipinski definition) is 5. The number of nitrogen functional groups attached to an aromatic ring is 1. The van der Waals surface area contributed by atoms with Gasteiger partial charge in [-0.05, 0) is 31.9 Å². The fraction of sp³-hybridized carbons (Fsp3) is 0.400. The normalized spacial score (nSPS) is 10.6. The van der Waals surface area contributed by atoms with E-state index in [9.17, 15) is 9.59 Å². The van der Waals surface area contributed by atoms with Crippen molar-refractivity contribution in [3.8, 4) is 0 Å². The molecule has 0 atom stereocenters. The highest BCUT2D eigenvalue weighted by Crippen LogP contribution is 2.09. The molecule has 0 bridgehead atoms. The summed E-state index contributed by atoms with van der Waals surface area (Å²) in [6.07, 6.45) is 2.78. The number of carbonyl (C=O) groups excluding carboxylic acids is 1. The van der Waals surface area contributed by atoms with Crippen molar-refractivity contribution < 1.29 is 9.21 Å². The third-order valence-electron chi connectivity index (χ3n) is 3.47. The number of anilines is 1. The van der Waals surface area contributed by atoms with Crippen LogP contribution < -0.4 is 11.3 Å². The smallest absolute Gasteiger partial charge is 0.255 e. The molecule has 2 heterocycles. The van der Waals surface area contributed by atoms with E-state index in [2.05, 4.69) is 9.97 Å². The van der Waals surface area contributed by atoms with Gasteiger partial charge in [0, 0.05) is 24.7 Å². The van der Waals surface area contributed by atoms with Gasteiger partial charge in [0.15, 0.2) is 0 Å². The first kappa shape index (κ1) is 15.8. The van der Waals surface area contributed by atoms with Crippen molar-refractivity contribution in [2.45, 2.75) is 33.2 Å². The lowest BCUT2D eigenvalue weighted by Crippen LogP contribution is -2.30. The van der Waals surface area contributed by atoms with Crippen LogP contribution in [-0.2, 0) is 17.8 Å². The highest BCUT2D eigenvalue weighted by molar-refractivity contribution is 5.73. The number of H-pyrrole nitrogens is 1. The summed E-state index contributed by atoms with van der Waals surface area (Å²) in [6.45, 7) is 4.25. The molecule has 7 nitrogen and oxygen atoms in total. The monoisotopic (exact) mass is 304 g/mol. The molecule has 0 aromatic carbocycles. The minimum absolute atomic E-state index is 0.0301. The Morgan fingerprint density at radius 3 is 2.86 bits per heavy atom. The molecular formula is C15H20N4O3. The summed E-state index contributed by atoms with van der Waals surface area (Å²) in [7, 11) is 0. The van der Waals surface area contributed by atoms with Crippen molar-refractivity contribution in [3.05, 3.63) is 45.8 Å². The van der Waals surface area contributed by atoms with Crippen LogP contribution in [0.5, 0.6) is 0 Å². The number of hydrogen-bond donors (Lipinski definition) is 2. The number of nitrogens with one attached hydrogen (secondary N) is 1. The molecule has 2 aromatic rings. The van der Waals surface area contributed by atoms with Gasteiger partial charge in [-0.2, -0.15) is 0 Å². The maximum absolute atomic E-state index is 11.9. The minimum atomic E-state index is -0.217. The fourth-order valence-electron chi connectivity index (χ4n) is 2.31. The largest absolute Gasteiger partial charge is 0.467 e. The quantitative estimate of drug-likeness (QED) is 0.835. The minimum Gasteiger partial charge on any atom is -0.467 e. The lowest BCUT2D eigenvalue weighted by atomic mass is 10.1. The summed E-state index contributed by atoms with van der Waals surface area (Å²) in [4.78, 5) is 31.8. The number of carbonyl (C=O) groups is 1. The number of rotatable bonds is 6. The Morgan fingerprint density at radius 1 is 1.50 bits per heavy atom. The van der Waals surface area contributed by atoms with Gasteiger partial charge in [-0.3, -0.25) is 14.6 Å². The van der Waals surface area contributed by atoms with Crippen LogP contribution in [0, 0.1) is 6.92 Å². The zero-order valence-corrected chi connectivity index (χ0v) is 12.8. The lowest BCUT2D eigenvalue weighted by molar-refractivity contribution is -0.129. The first-order chi connectivity index (χ1) is 10.5. The van der Waals surface area contributed by atoms with Crippen molar-refractivity contribution >= 4 is 11.9 Å². The van der Waals surface area contributed by atoms with Crippen LogP contribution >= 0.6 is 0 Å². The lowest BCUT2D eigenvalue weighted by Gasteiger charge is -2.19. The van der Waals surface area contributed by atoms with Crippen LogP contribution in [0.4, 0.5) is 5.95 Å². The van der Waals surface area contributed by atoms with Gasteiger partial charge in [-0.15, -0.1) is 0 Å². The molecule has 0 saturated heterocycles. The Kier molecular flexibility index (Phi) is 4.98. The van der Waals surface area contributed by atoms with Crippen molar-refractivity contribution in [3.63, 3.8) is 0 Å². The molecule has 3 N–H and O–H groups in total. The topological polar surface area (TPSA) is 105 Å². The molecule has 1 amide bonds.